The Morgan fingerprint density at radius 2 is 2.15 bits per heavy atom. The van der Waals surface area contributed by atoms with E-state index in [1.807, 2.05) is 54.8 Å². The Morgan fingerprint density at radius 3 is 2.94 bits per heavy atom. The largest absolute Gasteiger partial charge is 0.326 e. The second-order valence-corrected chi connectivity index (χ2v) is 9.50. The smallest absolute Gasteiger partial charge is 0.266 e. The topological polar surface area (TPSA) is 87.0 Å². The van der Waals surface area contributed by atoms with Crippen LogP contribution in [0.4, 0.5) is 5.69 Å². The van der Waals surface area contributed by atoms with Crippen LogP contribution in [0, 0.1) is 6.92 Å². The number of para-hydroxylation sites is 1. The molecule has 2 aromatic heterocycles. The van der Waals surface area contributed by atoms with Crippen molar-refractivity contribution in [2.24, 2.45) is 5.73 Å². The number of aryl methyl sites for hydroxylation is 1. The molecule has 0 spiro atoms. The number of hydrogen-bond donors (Lipinski definition) is 3. The van der Waals surface area contributed by atoms with Gasteiger partial charge >= 0.3 is 0 Å². The van der Waals surface area contributed by atoms with Crippen LogP contribution in [0.15, 0.2) is 53.9 Å². The summed E-state index contributed by atoms with van der Waals surface area (Å²) in [4.78, 5) is 16.1. The van der Waals surface area contributed by atoms with E-state index < -0.39 is 0 Å². The zero-order valence-corrected chi connectivity index (χ0v) is 19.4. The van der Waals surface area contributed by atoms with Gasteiger partial charge in [-0.2, -0.15) is 5.10 Å². The minimum Gasteiger partial charge on any atom is -0.326 e. The van der Waals surface area contributed by atoms with Crippen LogP contribution in [0.3, 0.4) is 0 Å². The molecule has 0 radical (unpaired) electrons. The molecule has 4 N–H and O–H groups in total. The van der Waals surface area contributed by atoms with Crippen LogP contribution >= 0.6 is 11.3 Å². The van der Waals surface area contributed by atoms with Gasteiger partial charge in [-0.1, -0.05) is 36.4 Å². The third-order valence-corrected chi connectivity index (χ3v) is 7.09. The fraction of sp³-hybridized carbons (Fsp3) is 0.231. The molecular weight excluding hydrogens is 430 g/mol. The van der Waals surface area contributed by atoms with E-state index in [1.54, 1.807) is 0 Å². The highest BCUT2D eigenvalue weighted by Gasteiger charge is 2.19. The molecule has 1 aliphatic rings. The molecule has 0 saturated carbocycles. The fourth-order valence-electron chi connectivity index (χ4n) is 4.28. The van der Waals surface area contributed by atoms with Gasteiger partial charge in [0.05, 0.1) is 16.1 Å². The molecule has 4 aromatic rings. The summed E-state index contributed by atoms with van der Waals surface area (Å²) in [5, 5.41) is 13.6. The quantitative estimate of drug-likeness (QED) is 0.385. The van der Waals surface area contributed by atoms with Gasteiger partial charge in [-0.25, -0.2) is 0 Å². The Bertz CT molecular complexity index is 1320. The highest BCUT2D eigenvalue weighted by Crippen LogP contribution is 2.26. The Morgan fingerprint density at radius 1 is 1.27 bits per heavy atom. The monoisotopic (exact) mass is 457 g/mol. The molecule has 1 saturated heterocycles. The van der Waals surface area contributed by atoms with Crippen LogP contribution in [0.1, 0.15) is 38.5 Å². The van der Waals surface area contributed by atoms with Crippen molar-refractivity contribution in [1.29, 1.82) is 0 Å². The number of H-pyrrole nitrogens is 1. The summed E-state index contributed by atoms with van der Waals surface area (Å²) < 4.78 is 0. The van der Waals surface area contributed by atoms with Crippen LogP contribution in [0.2, 0.25) is 0 Å². The SMILES string of the molecule is Cc1ccsc1C(=O)Nc1cc(CN2CCC(N)C2)ccc1C=Cc1n[nH]c2ccccc12. The molecule has 168 valence electrons. The van der Waals surface area contributed by atoms with Crippen molar-refractivity contribution in [3.8, 4) is 0 Å². The number of nitrogens with two attached hydrogens (primary N) is 1. The number of nitrogens with one attached hydrogen (secondary N) is 2. The van der Waals surface area contributed by atoms with E-state index in [9.17, 15) is 4.79 Å². The minimum absolute atomic E-state index is 0.0808. The zero-order chi connectivity index (χ0) is 22.8. The van der Waals surface area contributed by atoms with Gasteiger partial charge in [-0.15, -0.1) is 11.3 Å². The fourth-order valence-corrected chi connectivity index (χ4v) is 5.10. The number of likely N-dealkylation sites (tertiary alicyclic amines) is 1. The van der Waals surface area contributed by atoms with Crippen molar-refractivity contribution in [2.45, 2.75) is 25.9 Å². The molecule has 0 aliphatic carbocycles. The number of fused-ring (bicyclic) bond motifs is 1. The number of nitrogens with zero attached hydrogens (tertiary/aromatic N) is 2. The molecule has 7 heteroatoms. The van der Waals surface area contributed by atoms with Crippen molar-refractivity contribution in [3.05, 3.63) is 81.2 Å². The van der Waals surface area contributed by atoms with Gasteiger partial charge in [0.2, 0.25) is 0 Å². The predicted octanol–water partition coefficient (Wildman–Crippen LogP) is 4.89. The van der Waals surface area contributed by atoms with Crippen molar-refractivity contribution in [1.82, 2.24) is 15.1 Å². The lowest BCUT2D eigenvalue weighted by atomic mass is 10.1. The Kier molecular flexibility index (Phi) is 6.09. The Hall–Kier alpha value is -3.26. The third-order valence-electron chi connectivity index (χ3n) is 6.07. The molecular formula is C26H27N5OS. The first-order valence-corrected chi connectivity index (χ1v) is 12.0. The van der Waals surface area contributed by atoms with Crippen LogP contribution in [0.25, 0.3) is 23.1 Å². The number of rotatable bonds is 6. The maximum absolute atomic E-state index is 13.0. The molecule has 1 atom stereocenters. The van der Waals surface area contributed by atoms with E-state index in [-0.39, 0.29) is 11.9 Å². The highest BCUT2D eigenvalue weighted by atomic mass is 32.1. The van der Waals surface area contributed by atoms with Crippen LogP contribution in [-0.4, -0.2) is 40.1 Å². The van der Waals surface area contributed by atoms with Gasteiger partial charge in [-0.3, -0.25) is 14.8 Å². The normalized spacial score (nSPS) is 16.7. The molecule has 3 heterocycles. The van der Waals surface area contributed by atoms with Gasteiger partial charge in [0.1, 0.15) is 0 Å². The first kappa shape index (κ1) is 21.6. The number of carbonyl (C=O) groups excluding carboxylic acids is 1. The number of thiophene rings is 1. The Labute approximate surface area is 197 Å². The number of anilines is 1. The molecule has 1 aliphatic heterocycles. The van der Waals surface area contributed by atoms with Crippen molar-refractivity contribution < 1.29 is 4.79 Å². The molecule has 0 bridgehead atoms. The van der Waals surface area contributed by atoms with E-state index >= 15 is 0 Å². The third kappa shape index (κ3) is 4.75. The lowest BCUT2D eigenvalue weighted by Crippen LogP contribution is -2.26. The lowest BCUT2D eigenvalue weighted by Gasteiger charge is -2.17. The van der Waals surface area contributed by atoms with Crippen LogP contribution < -0.4 is 11.1 Å². The lowest BCUT2D eigenvalue weighted by molar-refractivity contribution is 0.103. The summed E-state index contributed by atoms with van der Waals surface area (Å²) in [5.74, 6) is -0.0808. The second kappa shape index (κ2) is 9.31. The second-order valence-electron chi connectivity index (χ2n) is 8.58. The average molecular weight is 458 g/mol. The van der Waals surface area contributed by atoms with Gasteiger partial charge in [-0.05, 0) is 59.7 Å². The van der Waals surface area contributed by atoms with Gasteiger partial charge < -0.3 is 11.1 Å². The minimum atomic E-state index is -0.0808. The van der Waals surface area contributed by atoms with Crippen molar-refractivity contribution in [3.63, 3.8) is 0 Å². The van der Waals surface area contributed by atoms with Crippen LogP contribution in [-0.2, 0) is 6.54 Å². The van der Waals surface area contributed by atoms with Crippen LogP contribution in [0.5, 0.6) is 0 Å². The van der Waals surface area contributed by atoms with E-state index in [4.69, 9.17) is 5.73 Å². The van der Waals surface area contributed by atoms with E-state index in [1.165, 1.54) is 11.3 Å². The van der Waals surface area contributed by atoms with E-state index in [0.29, 0.717) is 0 Å². The molecule has 5 rings (SSSR count). The number of amides is 1. The summed E-state index contributed by atoms with van der Waals surface area (Å²) >= 11 is 1.46. The summed E-state index contributed by atoms with van der Waals surface area (Å²) in [6, 6.07) is 16.5. The average Bonchev–Trinajstić information content (AvgIpc) is 3.53. The summed E-state index contributed by atoms with van der Waals surface area (Å²) in [7, 11) is 0. The van der Waals surface area contributed by atoms with Gasteiger partial charge in [0, 0.05) is 36.7 Å². The number of aromatic nitrogens is 2. The number of benzene rings is 2. The van der Waals surface area contributed by atoms with Crippen molar-refractivity contribution in [2.75, 3.05) is 18.4 Å². The van der Waals surface area contributed by atoms with E-state index in [2.05, 4.69) is 38.6 Å². The predicted molar refractivity (Wildman–Crippen MR) is 136 cm³/mol. The summed E-state index contributed by atoms with van der Waals surface area (Å²) in [6.45, 7) is 4.69. The summed E-state index contributed by atoms with van der Waals surface area (Å²) in [6.07, 6.45) is 5.02. The number of aromatic amines is 1. The molecule has 6 nitrogen and oxygen atoms in total. The van der Waals surface area contributed by atoms with Gasteiger partial charge in [0.25, 0.3) is 5.91 Å². The summed E-state index contributed by atoms with van der Waals surface area (Å²) in [5.41, 5.74) is 11.8. The molecule has 33 heavy (non-hydrogen) atoms. The maximum atomic E-state index is 13.0. The van der Waals surface area contributed by atoms with Gasteiger partial charge in [0.15, 0.2) is 0 Å². The Balaban J connectivity index is 1.45. The maximum Gasteiger partial charge on any atom is 0.266 e. The first-order valence-electron chi connectivity index (χ1n) is 11.1. The highest BCUT2D eigenvalue weighted by molar-refractivity contribution is 7.12. The number of carbonyl (C=O) groups is 1. The van der Waals surface area contributed by atoms with Crippen molar-refractivity contribution >= 4 is 46.0 Å². The van der Waals surface area contributed by atoms with E-state index in [0.717, 1.165) is 69.9 Å². The standard InChI is InChI=1S/C26H27N5OS/c1-17-11-13-33-25(17)26(32)28-24-14-18(15-31-12-10-20(27)16-31)6-7-19(24)8-9-23-21-4-2-3-5-22(21)29-30-23/h2-9,11,13-14,20H,10,12,15-16,27H2,1H3,(H,28,32)(H,29,30). The molecule has 2 aromatic carbocycles. The molecule has 1 unspecified atom stereocenters. The zero-order valence-electron chi connectivity index (χ0n) is 18.5. The molecule has 1 fully saturated rings. The first-order chi connectivity index (χ1) is 16.1. The molecule has 1 amide bonds. The number of hydrogen-bond acceptors (Lipinski definition) is 5.